The highest BCUT2D eigenvalue weighted by Gasteiger charge is 2.26. The number of para-hydroxylation sites is 1. The Kier molecular flexibility index (Phi) is 4.56. The van der Waals surface area contributed by atoms with E-state index in [1.165, 1.54) is 33.5 Å². The molecule has 0 saturated heterocycles. The van der Waals surface area contributed by atoms with E-state index in [-0.39, 0.29) is 5.91 Å². The van der Waals surface area contributed by atoms with Crippen LogP contribution in [-0.2, 0) is 19.6 Å². The predicted molar refractivity (Wildman–Crippen MR) is 114 cm³/mol. The molecule has 29 heavy (non-hydrogen) atoms. The van der Waals surface area contributed by atoms with Crippen LogP contribution in [0.4, 0.5) is 0 Å². The first-order valence-electron chi connectivity index (χ1n) is 9.69. The van der Waals surface area contributed by atoms with E-state index in [1.807, 2.05) is 53.6 Å². The lowest BCUT2D eigenvalue weighted by atomic mass is 10.0. The lowest BCUT2D eigenvalue weighted by molar-refractivity contribution is 0.0729. The molecule has 6 heteroatoms. The molecule has 4 aromatic rings. The van der Waals surface area contributed by atoms with Crippen LogP contribution < -0.4 is 4.74 Å². The molecule has 0 spiro atoms. The smallest absolute Gasteiger partial charge is 0.273 e. The summed E-state index contributed by atoms with van der Waals surface area (Å²) in [6.45, 7) is 3.73. The lowest BCUT2D eigenvalue weighted by Crippen LogP contribution is -2.36. The molecule has 1 N–H and O–H groups in total. The number of rotatable bonds is 4. The van der Waals surface area contributed by atoms with Gasteiger partial charge in [0.2, 0.25) is 0 Å². The number of carbonyl (C=O) groups excluding carboxylic acids is 1. The minimum atomic E-state index is -0.0150. The highest BCUT2D eigenvalue weighted by Crippen LogP contribution is 2.28. The molecule has 146 valence electrons. The zero-order valence-corrected chi connectivity index (χ0v) is 17.0. The average molecular weight is 404 g/mol. The molecule has 0 bridgehead atoms. The number of hydrogen-bond acceptors (Lipinski definition) is 4. The molecular weight excluding hydrogens is 382 g/mol. The highest BCUT2D eigenvalue weighted by molar-refractivity contribution is 7.09. The number of aromatic nitrogens is 2. The van der Waals surface area contributed by atoms with Crippen LogP contribution in [-0.4, -0.2) is 27.3 Å². The number of aromatic amines is 1. The SMILES string of the molecule is Cc1ccc(OCc2nc(C(=O)N3CCc4[nH]c5ccccc5c4C3)cs2)cc1. The van der Waals surface area contributed by atoms with Gasteiger partial charge in [0.05, 0.1) is 0 Å². The van der Waals surface area contributed by atoms with Gasteiger partial charge in [0.25, 0.3) is 5.91 Å². The molecule has 1 amide bonds. The van der Waals surface area contributed by atoms with E-state index in [0.29, 0.717) is 25.4 Å². The van der Waals surface area contributed by atoms with Gasteiger partial charge in [-0.2, -0.15) is 0 Å². The number of fused-ring (bicyclic) bond motifs is 3. The van der Waals surface area contributed by atoms with Crippen molar-refractivity contribution in [3.63, 3.8) is 0 Å². The normalized spacial score (nSPS) is 13.5. The number of carbonyl (C=O) groups is 1. The molecule has 2 aromatic heterocycles. The first-order valence-corrected chi connectivity index (χ1v) is 10.6. The summed E-state index contributed by atoms with van der Waals surface area (Å²) < 4.78 is 5.79. The van der Waals surface area contributed by atoms with Crippen molar-refractivity contribution in [2.75, 3.05) is 6.54 Å². The summed E-state index contributed by atoms with van der Waals surface area (Å²) >= 11 is 1.46. The number of hydrogen-bond donors (Lipinski definition) is 1. The van der Waals surface area contributed by atoms with E-state index in [4.69, 9.17) is 4.74 Å². The number of ether oxygens (including phenoxy) is 1. The van der Waals surface area contributed by atoms with Crippen molar-refractivity contribution in [1.29, 1.82) is 0 Å². The molecule has 1 aliphatic heterocycles. The topological polar surface area (TPSA) is 58.2 Å². The van der Waals surface area contributed by atoms with Gasteiger partial charge in [0.1, 0.15) is 23.1 Å². The summed E-state index contributed by atoms with van der Waals surface area (Å²) in [7, 11) is 0. The van der Waals surface area contributed by atoms with E-state index >= 15 is 0 Å². The van der Waals surface area contributed by atoms with Crippen molar-refractivity contribution in [3.8, 4) is 5.75 Å². The second kappa shape index (κ2) is 7.37. The Morgan fingerprint density at radius 3 is 2.90 bits per heavy atom. The van der Waals surface area contributed by atoms with Gasteiger partial charge in [0.15, 0.2) is 0 Å². The molecule has 5 rings (SSSR count). The van der Waals surface area contributed by atoms with Crippen LogP contribution in [0.15, 0.2) is 53.9 Å². The Labute approximate surface area is 173 Å². The van der Waals surface area contributed by atoms with Crippen molar-refractivity contribution in [2.24, 2.45) is 0 Å². The Hall–Kier alpha value is -3.12. The number of thiazole rings is 1. The van der Waals surface area contributed by atoms with Crippen molar-refractivity contribution in [3.05, 3.63) is 81.4 Å². The van der Waals surface area contributed by atoms with E-state index in [2.05, 4.69) is 22.1 Å². The van der Waals surface area contributed by atoms with Crippen LogP contribution >= 0.6 is 11.3 Å². The number of nitrogens with one attached hydrogen (secondary N) is 1. The first kappa shape index (κ1) is 17.9. The number of nitrogens with zero attached hydrogens (tertiary/aromatic N) is 2. The predicted octanol–water partition coefficient (Wildman–Crippen LogP) is 4.71. The van der Waals surface area contributed by atoms with E-state index in [1.54, 1.807) is 0 Å². The van der Waals surface area contributed by atoms with Gasteiger partial charge in [-0.15, -0.1) is 11.3 Å². The van der Waals surface area contributed by atoms with E-state index in [0.717, 1.165) is 22.7 Å². The van der Waals surface area contributed by atoms with Crippen molar-refractivity contribution in [1.82, 2.24) is 14.9 Å². The number of benzene rings is 2. The molecule has 1 aliphatic rings. The van der Waals surface area contributed by atoms with Crippen molar-refractivity contribution >= 4 is 28.1 Å². The van der Waals surface area contributed by atoms with Crippen LogP contribution in [0.25, 0.3) is 10.9 Å². The fourth-order valence-electron chi connectivity index (χ4n) is 3.76. The Morgan fingerprint density at radius 1 is 1.21 bits per heavy atom. The monoisotopic (exact) mass is 403 g/mol. The van der Waals surface area contributed by atoms with E-state index in [9.17, 15) is 4.79 Å². The van der Waals surface area contributed by atoms with Crippen molar-refractivity contribution < 1.29 is 9.53 Å². The summed E-state index contributed by atoms with van der Waals surface area (Å²) in [5, 5.41) is 3.84. The molecule has 0 saturated carbocycles. The third-order valence-electron chi connectivity index (χ3n) is 5.32. The fraction of sp³-hybridized carbons (Fsp3) is 0.217. The van der Waals surface area contributed by atoms with E-state index < -0.39 is 0 Å². The Balaban J connectivity index is 1.28. The molecular formula is C23H21N3O2S. The van der Waals surface area contributed by atoms with Gasteiger partial charge in [-0.3, -0.25) is 4.79 Å². The van der Waals surface area contributed by atoms with Crippen LogP contribution in [0, 0.1) is 6.92 Å². The maximum Gasteiger partial charge on any atom is 0.273 e. The third kappa shape index (κ3) is 3.51. The molecule has 2 aromatic carbocycles. The second-order valence-corrected chi connectivity index (χ2v) is 8.28. The molecule has 3 heterocycles. The molecule has 0 fully saturated rings. The van der Waals surface area contributed by atoms with Crippen LogP contribution in [0.3, 0.4) is 0 Å². The average Bonchev–Trinajstić information content (AvgIpc) is 3.37. The largest absolute Gasteiger partial charge is 0.486 e. The van der Waals surface area contributed by atoms with Gasteiger partial charge in [0, 0.05) is 47.1 Å². The highest BCUT2D eigenvalue weighted by atomic mass is 32.1. The number of H-pyrrole nitrogens is 1. The standard InChI is InChI=1S/C23H21N3O2S/c1-15-6-8-16(9-7-15)28-13-22-25-21(14-29-22)23(27)26-11-10-20-18(12-26)17-4-2-3-5-19(17)24-20/h2-9,14,24H,10-13H2,1H3. The molecule has 0 atom stereocenters. The Morgan fingerprint density at radius 2 is 2.03 bits per heavy atom. The molecule has 0 radical (unpaired) electrons. The van der Waals surface area contributed by atoms with Crippen molar-refractivity contribution in [2.45, 2.75) is 26.5 Å². The first-order chi connectivity index (χ1) is 14.2. The molecule has 0 aliphatic carbocycles. The summed E-state index contributed by atoms with van der Waals surface area (Å²) in [6, 6.07) is 16.2. The minimum Gasteiger partial charge on any atom is -0.486 e. The zero-order chi connectivity index (χ0) is 19.8. The summed E-state index contributed by atoms with van der Waals surface area (Å²) in [5.74, 6) is 0.792. The van der Waals surface area contributed by atoms with Gasteiger partial charge >= 0.3 is 0 Å². The molecule has 5 nitrogen and oxygen atoms in total. The van der Waals surface area contributed by atoms with Crippen LogP contribution in [0.1, 0.15) is 32.3 Å². The van der Waals surface area contributed by atoms with Crippen LogP contribution in [0.5, 0.6) is 5.75 Å². The lowest BCUT2D eigenvalue weighted by Gasteiger charge is -2.26. The summed E-state index contributed by atoms with van der Waals surface area (Å²) in [6.07, 6.45) is 0.837. The second-order valence-electron chi connectivity index (χ2n) is 7.33. The third-order valence-corrected chi connectivity index (χ3v) is 6.15. The molecule has 0 unspecified atom stereocenters. The zero-order valence-electron chi connectivity index (χ0n) is 16.1. The quantitative estimate of drug-likeness (QED) is 0.537. The maximum atomic E-state index is 13.0. The number of amides is 1. The maximum absolute atomic E-state index is 13.0. The van der Waals surface area contributed by atoms with Crippen LogP contribution in [0.2, 0.25) is 0 Å². The minimum absolute atomic E-state index is 0.0150. The summed E-state index contributed by atoms with van der Waals surface area (Å²) in [5.41, 5.74) is 5.29. The Bertz CT molecular complexity index is 1180. The van der Waals surface area contributed by atoms with Gasteiger partial charge in [-0.1, -0.05) is 35.9 Å². The summed E-state index contributed by atoms with van der Waals surface area (Å²) in [4.78, 5) is 22.9. The van der Waals surface area contributed by atoms with Gasteiger partial charge < -0.3 is 14.6 Å². The van der Waals surface area contributed by atoms with Gasteiger partial charge in [-0.25, -0.2) is 4.98 Å². The van der Waals surface area contributed by atoms with Gasteiger partial charge in [-0.05, 0) is 25.1 Å². The number of aryl methyl sites for hydroxylation is 1. The fourth-order valence-corrected chi connectivity index (χ4v) is 4.44.